The monoisotopic (exact) mass is 318 g/mol. The molecule has 1 fully saturated rings. The lowest BCUT2D eigenvalue weighted by molar-refractivity contribution is -0.123. The topological polar surface area (TPSA) is 84.5 Å². The molecule has 3 amide bonds. The minimum atomic E-state index is -0.640. The second kappa shape index (κ2) is 7.76. The third kappa shape index (κ3) is 5.09. The summed E-state index contributed by atoms with van der Waals surface area (Å²) in [7, 11) is 0. The lowest BCUT2D eigenvalue weighted by Gasteiger charge is -2.12. The van der Waals surface area contributed by atoms with E-state index in [2.05, 4.69) is 10.6 Å². The Morgan fingerprint density at radius 1 is 1.17 bits per heavy atom. The van der Waals surface area contributed by atoms with Crippen molar-refractivity contribution in [2.75, 3.05) is 6.61 Å². The van der Waals surface area contributed by atoms with Gasteiger partial charge in [0.05, 0.1) is 5.56 Å². The van der Waals surface area contributed by atoms with Crippen molar-refractivity contribution in [3.8, 4) is 0 Å². The van der Waals surface area contributed by atoms with Gasteiger partial charge in [0.25, 0.3) is 5.91 Å². The standard InChI is InChI=1S/C17H22N2O4/c1-11-7-8-12(2)14(9-11)16(21)23-10-15(20)19-17(22)18-13-5-3-4-6-13/h7-9,13H,3-6,10H2,1-2H3,(H2,18,19,20,22). The van der Waals surface area contributed by atoms with E-state index >= 15 is 0 Å². The Kier molecular flexibility index (Phi) is 5.73. The third-order valence-corrected chi connectivity index (χ3v) is 3.89. The molecule has 0 radical (unpaired) electrons. The van der Waals surface area contributed by atoms with Crippen LogP contribution in [0.4, 0.5) is 4.79 Å². The number of urea groups is 1. The van der Waals surface area contributed by atoms with E-state index in [0.717, 1.165) is 36.8 Å². The number of nitrogens with one attached hydrogen (secondary N) is 2. The highest BCUT2D eigenvalue weighted by Gasteiger charge is 2.19. The van der Waals surface area contributed by atoms with Crippen LogP contribution in [0.25, 0.3) is 0 Å². The molecule has 23 heavy (non-hydrogen) atoms. The predicted octanol–water partition coefficient (Wildman–Crippen LogP) is 2.23. The Morgan fingerprint density at radius 2 is 1.87 bits per heavy atom. The van der Waals surface area contributed by atoms with Gasteiger partial charge in [-0.05, 0) is 38.3 Å². The number of ether oxygens (including phenoxy) is 1. The minimum Gasteiger partial charge on any atom is -0.452 e. The van der Waals surface area contributed by atoms with Crippen LogP contribution < -0.4 is 10.6 Å². The van der Waals surface area contributed by atoms with Gasteiger partial charge in [-0.3, -0.25) is 10.1 Å². The Labute approximate surface area is 135 Å². The van der Waals surface area contributed by atoms with E-state index < -0.39 is 24.5 Å². The molecule has 2 rings (SSSR count). The average Bonchev–Trinajstić information content (AvgIpc) is 3.00. The quantitative estimate of drug-likeness (QED) is 0.834. The molecule has 1 aliphatic rings. The molecule has 1 aliphatic carbocycles. The van der Waals surface area contributed by atoms with Crippen molar-refractivity contribution in [2.45, 2.75) is 45.6 Å². The van der Waals surface area contributed by atoms with E-state index in [0.29, 0.717) is 5.56 Å². The first-order chi connectivity index (χ1) is 11.0. The van der Waals surface area contributed by atoms with Gasteiger partial charge >= 0.3 is 12.0 Å². The van der Waals surface area contributed by atoms with E-state index in [1.54, 1.807) is 13.0 Å². The van der Waals surface area contributed by atoms with E-state index in [1.165, 1.54) is 0 Å². The molecular weight excluding hydrogens is 296 g/mol. The summed E-state index contributed by atoms with van der Waals surface area (Å²) in [5.74, 6) is -1.21. The lowest BCUT2D eigenvalue weighted by Crippen LogP contribution is -2.45. The van der Waals surface area contributed by atoms with Crippen LogP contribution in [0.3, 0.4) is 0 Å². The van der Waals surface area contributed by atoms with Gasteiger partial charge in [-0.15, -0.1) is 0 Å². The second-order valence-electron chi connectivity index (χ2n) is 5.90. The second-order valence-corrected chi connectivity index (χ2v) is 5.90. The molecular formula is C17H22N2O4. The van der Waals surface area contributed by atoms with Gasteiger partial charge in [-0.1, -0.05) is 30.5 Å². The summed E-state index contributed by atoms with van der Waals surface area (Å²) in [6.07, 6.45) is 4.05. The van der Waals surface area contributed by atoms with Gasteiger partial charge in [0.15, 0.2) is 6.61 Å². The van der Waals surface area contributed by atoms with Crippen LogP contribution in [0.5, 0.6) is 0 Å². The number of amides is 3. The molecule has 0 aromatic heterocycles. The molecule has 0 saturated heterocycles. The number of carbonyl (C=O) groups is 3. The average molecular weight is 318 g/mol. The molecule has 0 unspecified atom stereocenters. The van der Waals surface area contributed by atoms with Crippen molar-refractivity contribution in [3.63, 3.8) is 0 Å². The molecule has 0 bridgehead atoms. The summed E-state index contributed by atoms with van der Waals surface area (Å²) in [5.41, 5.74) is 2.14. The Hall–Kier alpha value is -2.37. The van der Waals surface area contributed by atoms with E-state index in [4.69, 9.17) is 4.74 Å². The molecule has 0 spiro atoms. The van der Waals surface area contributed by atoms with Crippen LogP contribution >= 0.6 is 0 Å². The van der Waals surface area contributed by atoms with Crippen molar-refractivity contribution >= 4 is 17.9 Å². The highest BCUT2D eigenvalue weighted by molar-refractivity contribution is 5.97. The number of rotatable bonds is 4. The van der Waals surface area contributed by atoms with Gasteiger partial charge in [-0.25, -0.2) is 9.59 Å². The molecule has 6 nitrogen and oxygen atoms in total. The first-order valence-electron chi connectivity index (χ1n) is 7.80. The fourth-order valence-electron chi connectivity index (χ4n) is 2.62. The SMILES string of the molecule is Cc1ccc(C)c(C(=O)OCC(=O)NC(=O)NC2CCCC2)c1. The number of imide groups is 1. The van der Waals surface area contributed by atoms with E-state index in [1.807, 2.05) is 19.1 Å². The normalized spacial score (nSPS) is 14.3. The first kappa shape index (κ1) is 17.0. The van der Waals surface area contributed by atoms with Crippen molar-refractivity contribution in [1.29, 1.82) is 0 Å². The Morgan fingerprint density at radius 3 is 2.57 bits per heavy atom. The summed E-state index contributed by atoms with van der Waals surface area (Å²) >= 11 is 0. The number of aryl methyl sites for hydroxylation is 2. The van der Waals surface area contributed by atoms with Gasteiger partial charge in [0.1, 0.15) is 0 Å². The molecule has 1 aromatic carbocycles. The Balaban J connectivity index is 1.78. The van der Waals surface area contributed by atoms with Gasteiger partial charge < -0.3 is 10.1 Å². The number of benzene rings is 1. The molecule has 6 heteroatoms. The molecule has 2 N–H and O–H groups in total. The van der Waals surface area contributed by atoms with Crippen LogP contribution in [0.2, 0.25) is 0 Å². The highest BCUT2D eigenvalue weighted by Crippen LogP contribution is 2.17. The predicted molar refractivity (Wildman–Crippen MR) is 85.1 cm³/mol. The van der Waals surface area contributed by atoms with Gasteiger partial charge in [0.2, 0.25) is 0 Å². The molecule has 0 aliphatic heterocycles. The van der Waals surface area contributed by atoms with Gasteiger partial charge in [-0.2, -0.15) is 0 Å². The fourth-order valence-corrected chi connectivity index (χ4v) is 2.62. The van der Waals surface area contributed by atoms with Crippen molar-refractivity contribution < 1.29 is 19.1 Å². The maximum Gasteiger partial charge on any atom is 0.338 e. The summed E-state index contributed by atoms with van der Waals surface area (Å²) < 4.78 is 4.97. The van der Waals surface area contributed by atoms with Crippen molar-refractivity contribution in [2.24, 2.45) is 0 Å². The zero-order valence-corrected chi connectivity index (χ0v) is 13.5. The third-order valence-electron chi connectivity index (χ3n) is 3.89. The van der Waals surface area contributed by atoms with E-state index in [-0.39, 0.29) is 6.04 Å². The smallest absolute Gasteiger partial charge is 0.338 e. The molecule has 0 heterocycles. The zero-order chi connectivity index (χ0) is 16.8. The van der Waals surface area contributed by atoms with Gasteiger partial charge in [0, 0.05) is 6.04 Å². The molecule has 0 atom stereocenters. The molecule has 1 saturated carbocycles. The minimum absolute atomic E-state index is 0.125. The van der Waals surface area contributed by atoms with Crippen molar-refractivity contribution in [1.82, 2.24) is 10.6 Å². The summed E-state index contributed by atoms with van der Waals surface area (Å²) in [6, 6.07) is 5.01. The van der Waals surface area contributed by atoms with Crippen LogP contribution in [-0.4, -0.2) is 30.6 Å². The number of hydrogen-bond donors (Lipinski definition) is 2. The maximum absolute atomic E-state index is 12.0. The van der Waals surface area contributed by atoms with Crippen LogP contribution in [0.15, 0.2) is 18.2 Å². The number of esters is 1. The zero-order valence-electron chi connectivity index (χ0n) is 13.5. The van der Waals surface area contributed by atoms with Crippen molar-refractivity contribution in [3.05, 3.63) is 34.9 Å². The largest absolute Gasteiger partial charge is 0.452 e. The van der Waals surface area contributed by atoms with E-state index in [9.17, 15) is 14.4 Å². The fraction of sp³-hybridized carbons (Fsp3) is 0.471. The molecule has 1 aromatic rings. The first-order valence-corrected chi connectivity index (χ1v) is 7.80. The summed E-state index contributed by atoms with van der Waals surface area (Å²) in [6.45, 7) is 3.19. The van der Waals surface area contributed by atoms with Crippen LogP contribution in [0, 0.1) is 13.8 Å². The van der Waals surface area contributed by atoms with Crippen LogP contribution in [0.1, 0.15) is 47.2 Å². The number of hydrogen-bond acceptors (Lipinski definition) is 4. The van der Waals surface area contributed by atoms with Crippen LogP contribution in [-0.2, 0) is 9.53 Å². The summed E-state index contributed by atoms with van der Waals surface area (Å²) in [4.78, 5) is 35.3. The summed E-state index contributed by atoms with van der Waals surface area (Å²) in [5, 5.41) is 4.91. The Bertz CT molecular complexity index is 607. The lowest BCUT2D eigenvalue weighted by atomic mass is 10.1. The molecule has 124 valence electrons. The highest BCUT2D eigenvalue weighted by atomic mass is 16.5. The maximum atomic E-state index is 12.0. The number of carbonyl (C=O) groups excluding carboxylic acids is 3.